The molecule has 0 saturated heterocycles. The summed E-state index contributed by atoms with van der Waals surface area (Å²) < 4.78 is 41.0. The van der Waals surface area contributed by atoms with E-state index in [1.807, 2.05) is 5.32 Å². The van der Waals surface area contributed by atoms with Crippen LogP contribution in [0.2, 0.25) is 10.0 Å². The number of halogens is 5. The van der Waals surface area contributed by atoms with Crippen molar-refractivity contribution in [3.05, 3.63) is 28.2 Å². The first-order chi connectivity index (χ1) is 9.20. The summed E-state index contributed by atoms with van der Waals surface area (Å²) in [5.74, 6) is -0.699. The van der Waals surface area contributed by atoms with Gasteiger partial charge in [-0.1, -0.05) is 23.2 Å². The molecule has 1 aromatic rings. The Labute approximate surface area is 122 Å². The second kappa shape index (κ2) is 7.01. The van der Waals surface area contributed by atoms with Crippen molar-refractivity contribution < 1.29 is 27.8 Å². The average Bonchev–Trinajstić information content (AvgIpc) is 2.35. The van der Waals surface area contributed by atoms with E-state index in [0.717, 1.165) is 0 Å². The van der Waals surface area contributed by atoms with Crippen LogP contribution in [0.3, 0.4) is 0 Å². The van der Waals surface area contributed by atoms with E-state index in [0.29, 0.717) is 5.02 Å². The SMILES string of the molecule is O=C(COc1cc(Cl)ccc1Cl)NCC(O)C(F)(F)F. The van der Waals surface area contributed by atoms with Gasteiger partial charge in [-0.25, -0.2) is 0 Å². The first kappa shape index (κ1) is 16.9. The fourth-order valence-electron chi connectivity index (χ4n) is 1.11. The van der Waals surface area contributed by atoms with Crippen molar-refractivity contribution in [2.75, 3.05) is 13.2 Å². The van der Waals surface area contributed by atoms with Gasteiger partial charge in [0.2, 0.25) is 0 Å². The van der Waals surface area contributed by atoms with Crippen LogP contribution in [0.15, 0.2) is 18.2 Å². The molecule has 0 radical (unpaired) electrons. The quantitative estimate of drug-likeness (QED) is 0.871. The highest BCUT2D eigenvalue weighted by molar-refractivity contribution is 6.34. The van der Waals surface area contributed by atoms with Gasteiger partial charge in [0.15, 0.2) is 12.7 Å². The summed E-state index contributed by atoms with van der Waals surface area (Å²) >= 11 is 11.5. The molecule has 0 aliphatic carbocycles. The lowest BCUT2D eigenvalue weighted by molar-refractivity contribution is -0.201. The molecule has 0 fully saturated rings. The molecule has 0 spiro atoms. The summed E-state index contributed by atoms with van der Waals surface area (Å²) in [6.07, 6.45) is -7.41. The zero-order valence-corrected chi connectivity index (χ0v) is 11.4. The van der Waals surface area contributed by atoms with E-state index in [9.17, 15) is 18.0 Å². The van der Waals surface area contributed by atoms with Crippen LogP contribution in [0.5, 0.6) is 5.75 Å². The molecule has 1 amide bonds. The van der Waals surface area contributed by atoms with Gasteiger partial charge in [0.25, 0.3) is 5.91 Å². The lowest BCUT2D eigenvalue weighted by atomic mass is 10.3. The summed E-state index contributed by atoms with van der Waals surface area (Å²) in [7, 11) is 0. The standard InChI is InChI=1S/C11H10Cl2F3NO3/c12-6-1-2-7(13)8(3-6)20-5-10(19)17-4-9(18)11(14,15)16/h1-3,9,18H,4-5H2,(H,17,19). The molecule has 112 valence electrons. The van der Waals surface area contributed by atoms with Crippen LogP contribution in [0.25, 0.3) is 0 Å². The highest BCUT2D eigenvalue weighted by Crippen LogP contribution is 2.27. The predicted octanol–water partition coefficient (Wildman–Crippen LogP) is 2.41. The van der Waals surface area contributed by atoms with Crippen molar-refractivity contribution in [3.63, 3.8) is 0 Å². The van der Waals surface area contributed by atoms with E-state index in [2.05, 4.69) is 0 Å². The predicted molar refractivity (Wildman–Crippen MR) is 67.0 cm³/mol. The zero-order valence-electron chi connectivity index (χ0n) is 9.88. The van der Waals surface area contributed by atoms with Gasteiger partial charge in [-0.15, -0.1) is 0 Å². The number of hydrogen-bond acceptors (Lipinski definition) is 3. The summed E-state index contributed by atoms with van der Waals surface area (Å²) in [4.78, 5) is 11.3. The van der Waals surface area contributed by atoms with Gasteiger partial charge in [-0.2, -0.15) is 13.2 Å². The maximum atomic E-state index is 12.0. The van der Waals surface area contributed by atoms with Crippen LogP contribution in [0.1, 0.15) is 0 Å². The van der Waals surface area contributed by atoms with Gasteiger partial charge in [0, 0.05) is 11.1 Å². The number of aliphatic hydroxyl groups excluding tert-OH is 1. The number of alkyl halides is 3. The zero-order chi connectivity index (χ0) is 15.3. The van der Waals surface area contributed by atoms with Crippen LogP contribution in [-0.4, -0.2) is 36.4 Å². The third kappa shape index (κ3) is 5.44. The molecule has 20 heavy (non-hydrogen) atoms. The first-order valence-corrected chi connectivity index (χ1v) is 6.05. The van der Waals surface area contributed by atoms with Gasteiger partial charge in [-0.05, 0) is 12.1 Å². The highest BCUT2D eigenvalue weighted by Gasteiger charge is 2.38. The number of rotatable bonds is 5. The normalized spacial score (nSPS) is 12.9. The molecule has 2 N–H and O–H groups in total. The molecule has 0 saturated carbocycles. The molecule has 0 aliphatic heterocycles. The molecule has 4 nitrogen and oxygen atoms in total. The Morgan fingerprint density at radius 3 is 2.65 bits per heavy atom. The van der Waals surface area contributed by atoms with Gasteiger partial charge in [-0.3, -0.25) is 4.79 Å². The molecular formula is C11H10Cl2F3NO3. The number of hydrogen-bond donors (Lipinski definition) is 2. The van der Waals surface area contributed by atoms with Gasteiger partial charge in [0.05, 0.1) is 11.6 Å². The Morgan fingerprint density at radius 1 is 1.40 bits per heavy atom. The van der Waals surface area contributed by atoms with Crippen molar-refractivity contribution in [2.45, 2.75) is 12.3 Å². The summed E-state index contributed by atoms with van der Waals surface area (Å²) in [5.41, 5.74) is 0. The molecule has 0 bridgehead atoms. The molecule has 1 atom stereocenters. The van der Waals surface area contributed by atoms with E-state index in [4.69, 9.17) is 33.0 Å². The number of aliphatic hydroxyl groups is 1. The van der Waals surface area contributed by atoms with Gasteiger partial charge >= 0.3 is 6.18 Å². The summed E-state index contributed by atoms with van der Waals surface area (Å²) in [6, 6.07) is 4.32. The fraction of sp³-hybridized carbons (Fsp3) is 0.364. The van der Waals surface area contributed by atoms with Crippen LogP contribution in [-0.2, 0) is 4.79 Å². The van der Waals surface area contributed by atoms with Gasteiger partial charge in [0.1, 0.15) is 5.75 Å². The number of carbonyl (C=O) groups excluding carboxylic acids is 1. The maximum absolute atomic E-state index is 12.0. The molecule has 0 aliphatic rings. The Bertz CT molecular complexity index is 482. The van der Waals surface area contributed by atoms with Crippen LogP contribution in [0, 0.1) is 0 Å². The summed E-state index contributed by atoms with van der Waals surface area (Å²) in [5, 5.41) is 11.1. The molecule has 1 aromatic carbocycles. The minimum absolute atomic E-state index is 0.130. The molecule has 9 heteroatoms. The molecule has 1 rings (SSSR count). The minimum Gasteiger partial charge on any atom is -0.482 e. The van der Waals surface area contributed by atoms with Crippen LogP contribution in [0.4, 0.5) is 13.2 Å². The highest BCUT2D eigenvalue weighted by atomic mass is 35.5. The fourth-order valence-corrected chi connectivity index (χ4v) is 1.44. The second-order valence-corrected chi connectivity index (χ2v) is 4.57. The van der Waals surface area contributed by atoms with E-state index in [-0.39, 0.29) is 10.8 Å². The molecule has 0 aromatic heterocycles. The molecular weight excluding hydrogens is 322 g/mol. The Hall–Kier alpha value is -1.18. The molecule has 1 unspecified atom stereocenters. The Kier molecular flexibility index (Phi) is 5.91. The third-order valence-corrected chi connectivity index (χ3v) is 2.67. The summed E-state index contributed by atoms with van der Waals surface area (Å²) in [6.45, 7) is -1.50. The monoisotopic (exact) mass is 331 g/mol. The Balaban J connectivity index is 2.42. The molecule has 0 heterocycles. The van der Waals surface area contributed by atoms with E-state index in [1.54, 1.807) is 0 Å². The van der Waals surface area contributed by atoms with Crippen molar-refractivity contribution in [1.29, 1.82) is 0 Å². The van der Waals surface area contributed by atoms with Crippen LogP contribution < -0.4 is 10.1 Å². The van der Waals surface area contributed by atoms with Crippen LogP contribution >= 0.6 is 23.2 Å². The number of ether oxygens (including phenoxy) is 1. The largest absolute Gasteiger partial charge is 0.482 e. The lowest BCUT2D eigenvalue weighted by Gasteiger charge is -2.15. The number of amides is 1. The smallest absolute Gasteiger partial charge is 0.416 e. The Morgan fingerprint density at radius 2 is 2.05 bits per heavy atom. The van der Waals surface area contributed by atoms with E-state index >= 15 is 0 Å². The van der Waals surface area contributed by atoms with Crippen molar-refractivity contribution >= 4 is 29.1 Å². The second-order valence-electron chi connectivity index (χ2n) is 3.72. The van der Waals surface area contributed by atoms with Crippen molar-refractivity contribution in [3.8, 4) is 5.75 Å². The van der Waals surface area contributed by atoms with E-state index in [1.165, 1.54) is 18.2 Å². The number of nitrogens with one attached hydrogen (secondary N) is 1. The minimum atomic E-state index is -4.79. The average molecular weight is 332 g/mol. The van der Waals surface area contributed by atoms with Crippen molar-refractivity contribution in [1.82, 2.24) is 5.32 Å². The van der Waals surface area contributed by atoms with Crippen molar-refractivity contribution in [2.24, 2.45) is 0 Å². The van der Waals surface area contributed by atoms with Gasteiger partial charge < -0.3 is 15.2 Å². The number of carbonyl (C=O) groups is 1. The topological polar surface area (TPSA) is 58.6 Å². The first-order valence-electron chi connectivity index (χ1n) is 5.29. The third-order valence-electron chi connectivity index (χ3n) is 2.12. The van der Waals surface area contributed by atoms with E-state index < -0.39 is 31.3 Å². The maximum Gasteiger partial charge on any atom is 0.416 e. The number of benzene rings is 1. The lowest BCUT2D eigenvalue weighted by Crippen LogP contribution is -2.42.